The van der Waals surface area contributed by atoms with E-state index in [0.717, 1.165) is 24.2 Å². The van der Waals surface area contributed by atoms with Crippen molar-refractivity contribution in [3.63, 3.8) is 0 Å². The van der Waals surface area contributed by atoms with Gasteiger partial charge in [0.25, 0.3) is 8.32 Å². The number of hydrogen-bond acceptors (Lipinski definition) is 3. The van der Waals surface area contributed by atoms with Gasteiger partial charge < -0.3 is 9.53 Å². The zero-order valence-electron chi connectivity index (χ0n) is 23.4. The zero-order chi connectivity index (χ0) is 26.0. The summed E-state index contributed by atoms with van der Waals surface area (Å²) in [4.78, 5) is 2.62. The van der Waals surface area contributed by atoms with Crippen molar-refractivity contribution in [1.82, 2.24) is 4.90 Å². The lowest BCUT2D eigenvalue weighted by Gasteiger charge is -2.43. The quantitative estimate of drug-likeness (QED) is 0.347. The van der Waals surface area contributed by atoms with Gasteiger partial charge in [-0.1, -0.05) is 95.7 Å². The van der Waals surface area contributed by atoms with Crippen LogP contribution in [0.25, 0.3) is 6.08 Å². The highest BCUT2D eigenvalue weighted by Crippen LogP contribution is 2.44. The van der Waals surface area contributed by atoms with Gasteiger partial charge in [-0.25, -0.2) is 0 Å². The van der Waals surface area contributed by atoms with Crippen molar-refractivity contribution in [3.8, 4) is 5.75 Å². The topological polar surface area (TPSA) is 32.7 Å². The Morgan fingerprint density at radius 1 is 0.806 bits per heavy atom. The van der Waals surface area contributed by atoms with Crippen molar-refractivity contribution in [3.05, 3.63) is 71.3 Å². The van der Waals surface area contributed by atoms with E-state index in [4.69, 9.17) is 4.43 Å². The minimum atomic E-state index is -1.98. The van der Waals surface area contributed by atoms with Crippen LogP contribution in [0.5, 0.6) is 5.75 Å². The minimum Gasteiger partial charge on any atom is -0.543 e. The molecule has 4 atom stereocenters. The first-order valence-electron chi connectivity index (χ1n) is 14.1. The lowest BCUT2D eigenvalue weighted by molar-refractivity contribution is 0.0195. The van der Waals surface area contributed by atoms with Gasteiger partial charge in [0.15, 0.2) is 0 Å². The van der Waals surface area contributed by atoms with E-state index in [-0.39, 0.29) is 6.04 Å². The van der Waals surface area contributed by atoms with Crippen molar-refractivity contribution >= 4 is 14.4 Å². The van der Waals surface area contributed by atoms with E-state index in [1.807, 2.05) is 0 Å². The molecule has 0 radical (unpaired) electrons. The molecule has 196 valence electrons. The molecule has 3 nitrogen and oxygen atoms in total. The normalized spacial score (nSPS) is 22.4. The number of benzene rings is 2. The molecule has 0 aliphatic carbocycles. The molecule has 36 heavy (non-hydrogen) atoms. The van der Waals surface area contributed by atoms with Gasteiger partial charge in [-0.05, 0) is 72.5 Å². The number of piperidine rings is 1. The highest BCUT2D eigenvalue weighted by molar-refractivity contribution is 6.78. The van der Waals surface area contributed by atoms with Crippen molar-refractivity contribution in [2.45, 2.75) is 115 Å². The summed E-state index contributed by atoms with van der Waals surface area (Å²) in [5.74, 6) is 0.954. The third-order valence-electron chi connectivity index (χ3n) is 8.99. The lowest BCUT2D eigenvalue weighted by atomic mass is 9.91. The van der Waals surface area contributed by atoms with Crippen LogP contribution in [0.1, 0.15) is 91.4 Å². The van der Waals surface area contributed by atoms with Gasteiger partial charge in [0, 0.05) is 18.1 Å². The maximum atomic E-state index is 11.4. The summed E-state index contributed by atoms with van der Waals surface area (Å²) in [6, 6.07) is 20.2. The average Bonchev–Trinajstić information content (AvgIpc) is 3.12. The van der Waals surface area contributed by atoms with E-state index in [1.165, 1.54) is 18.4 Å². The van der Waals surface area contributed by atoms with Crippen LogP contribution in [-0.2, 0) is 0 Å². The predicted octanol–water partition coefficient (Wildman–Crippen LogP) is 8.37. The monoisotopic (exact) mass is 505 g/mol. The molecule has 2 unspecified atom stereocenters. The Kier molecular flexibility index (Phi) is 8.48. The summed E-state index contributed by atoms with van der Waals surface area (Å²) in [5, 5.41) is 11.4. The van der Waals surface area contributed by atoms with Gasteiger partial charge >= 0.3 is 0 Å². The maximum absolute atomic E-state index is 11.4. The van der Waals surface area contributed by atoms with Crippen LogP contribution >= 0.6 is 0 Å². The van der Waals surface area contributed by atoms with Gasteiger partial charge in [-0.2, -0.15) is 0 Å². The molecule has 0 amide bonds. The summed E-state index contributed by atoms with van der Waals surface area (Å²) in [6.07, 6.45) is 6.57. The molecule has 2 heterocycles. The van der Waals surface area contributed by atoms with Crippen molar-refractivity contribution in [1.29, 1.82) is 0 Å². The van der Waals surface area contributed by atoms with Gasteiger partial charge in [-0.15, -0.1) is 0 Å². The molecular formula is C32H47NO2Si. The predicted molar refractivity (Wildman–Crippen MR) is 155 cm³/mol. The smallest absolute Gasteiger partial charge is 0.258 e. The highest BCUT2D eigenvalue weighted by atomic mass is 28.4. The Bertz CT molecular complexity index is 976. The Hall–Kier alpha value is -1.88. The molecule has 2 bridgehead atoms. The lowest BCUT2D eigenvalue weighted by Crippen LogP contribution is -2.50. The number of nitrogens with zero attached hydrogens (tertiary/aromatic N) is 1. The molecule has 1 N–H and O–H groups in total. The fourth-order valence-corrected chi connectivity index (χ4v) is 12.6. The first-order valence-corrected chi connectivity index (χ1v) is 16.3. The second kappa shape index (κ2) is 11.2. The standard InChI is InChI=1S/C32H47NO2Si/c1-22(2)36(23(3)4,24(5)6)35-31-17-13-28(14-18-31)32(34)25(7)33-29-15-16-30(33)21-27(20-29)19-26-11-9-8-10-12-26/h8-14,17-19,22-25,29-30,32,34H,15-16,20-21H2,1-7H3/t25-,29?,30?,32+/m0/s1. The van der Waals surface area contributed by atoms with Crippen LogP contribution in [0.15, 0.2) is 60.2 Å². The van der Waals surface area contributed by atoms with E-state index in [1.54, 1.807) is 5.57 Å². The fraction of sp³-hybridized carbons (Fsp3) is 0.562. The number of hydrogen-bond donors (Lipinski definition) is 1. The molecule has 0 aromatic heterocycles. The first-order chi connectivity index (χ1) is 17.1. The Morgan fingerprint density at radius 3 is 1.83 bits per heavy atom. The van der Waals surface area contributed by atoms with Crippen LogP contribution in [0.3, 0.4) is 0 Å². The Labute approximate surface area is 220 Å². The SMILES string of the molecule is CC(C)[Si](Oc1ccc([C@H](O)[C@H](C)N2C3CCC2CC(=Cc2ccccc2)C3)cc1)(C(C)C)C(C)C. The van der Waals surface area contributed by atoms with Crippen molar-refractivity contribution in [2.75, 3.05) is 0 Å². The summed E-state index contributed by atoms with van der Waals surface area (Å²) in [6.45, 7) is 16.1. The highest BCUT2D eigenvalue weighted by Gasteiger charge is 2.47. The molecule has 2 saturated heterocycles. The summed E-state index contributed by atoms with van der Waals surface area (Å²) >= 11 is 0. The van der Waals surface area contributed by atoms with E-state index in [2.05, 4.69) is 114 Å². The van der Waals surface area contributed by atoms with E-state index in [0.29, 0.717) is 28.7 Å². The zero-order valence-corrected chi connectivity index (χ0v) is 24.4. The number of fused-ring (bicyclic) bond motifs is 2. The van der Waals surface area contributed by atoms with Crippen LogP contribution < -0.4 is 4.43 Å². The summed E-state index contributed by atoms with van der Waals surface area (Å²) < 4.78 is 6.84. The van der Waals surface area contributed by atoms with Crippen molar-refractivity contribution < 1.29 is 9.53 Å². The second-order valence-electron chi connectivity index (χ2n) is 12.1. The minimum absolute atomic E-state index is 0.100. The largest absolute Gasteiger partial charge is 0.543 e. The Morgan fingerprint density at radius 2 is 1.33 bits per heavy atom. The van der Waals surface area contributed by atoms with E-state index in [9.17, 15) is 5.11 Å². The molecule has 2 fully saturated rings. The second-order valence-corrected chi connectivity index (χ2v) is 17.5. The average molecular weight is 506 g/mol. The van der Waals surface area contributed by atoms with Gasteiger partial charge in [0.1, 0.15) is 5.75 Å². The van der Waals surface area contributed by atoms with Gasteiger partial charge in [0.05, 0.1) is 6.10 Å². The summed E-state index contributed by atoms with van der Waals surface area (Å²) in [7, 11) is -1.98. The van der Waals surface area contributed by atoms with Gasteiger partial charge in [0.2, 0.25) is 0 Å². The molecule has 2 aliphatic rings. The molecule has 0 spiro atoms. The number of aliphatic hydroxyl groups excluding tert-OH is 1. The van der Waals surface area contributed by atoms with Gasteiger partial charge in [-0.3, -0.25) is 4.90 Å². The van der Waals surface area contributed by atoms with E-state index >= 15 is 0 Å². The third-order valence-corrected chi connectivity index (χ3v) is 15.0. The first kappa shape index (κ1) is 27.2. The molecular weight excluding hydrogens is 458 g/mol. The molecule has 0 saturated carbocycles. The molecule has 2 aromatic carbocycles. The molecule has 4 rings (SSSR count). The Balaban J connectivity index is 1.45. The fourth-order valence-electron chi connectivity index (χ4n) is 7.38. The molecule has 4 heteroatoms. The van der Waals surface area contributed by atoms with Crippen molar-refractivity contribution in [2.24, 2.45) is 0 Å². The summed E-state index contributed by atoms with van der Waals surface area (Å²) in [5.41, 5.74) is 5.47. The van der Waals surface area contributed by atoms with Crippen LogP contribution in [-0.4, -0.2) is 36.4 Å². The number of rotatable bonds is 9. The van der Waals surface area contributed by atoms with Crippen LogP contribution in [0, 0.1) is 0 Å². The van der Waals surface area contributed by atoms with Crippen LogP contribution in [0.4, 0.5) is 0 Å². The molecule has 2 aromatic rings. The number of aliphatic hydroxyl groups is 1. The van der Waals surface area contributed by atoms with Crippen LogP contribution in [0.2, 0.25) is 16.6 Å². The van der Waals surface area contributed by atoms with E-state index < -0.39 is 14.4 Å². The molecule has 2 aliphatic heterocycles. The third kappa shape index (κ3) is 5.37. The maximum Gasteiger partial charge on any atom is 0.258 e.